The van der Waals surface area contributed by atoms with Crippen LogP contribution in [-0.2, 0) is 0 Å². The van der Waals surface area contributed by atoms with Gasteiger partial charge in [-0.25, -0.2) is 0 Å². The second-order valence-corrected chi connectivity index (χ2v) is 4.44. The van der Waals surface area contributed by atoms with Gasteiger partial charge in [-0.1, -0.05) is 12.1 Å². The number of halogens is 4. The Kier molecular flexibility index (Phi) is 6.42. The zero-order chi connectivity index (χ0) is 13.7. The van der Waals surface area contributed by atoms with Crippen molar-refractivity contribution >= 4 is 12.4 Å². The van der Waals surface area contributed by atoms with Gasteiger partial charge in [0.15, 0.2) is 18.1 Å². The van der Waals surface area contributed by atoms with Gasteiger partial charge in [-0.15, -0.1) is 12.4 Å². The molecule has 0 saturated carbocycles. The summed E-state index contributed by atoms with van der Waals surface area (Å²) in [6.45, 7) is 0.343. The fourth-order valence-corrected chi connectivity index (χ4v) is 1.93. The monoisotopic (exact) mass is 311 g/mol. The number of piperidine rings is 1. The van der Waals surface area contributed by atoms with Crippen molar-refractivity contribution < 1.29 is 22.6 Å². The highest BCUT2D eigenvalue weighted by Gasteiger charge is 2.29. The van der Waals surface area contributed by atoms with Crippen LogP contribution in [0.4, 0.5) is 13.2 Å². The predicted molar refractivity (Wildman–Crippen MR) is 71.8 cm³/mol. The van der Waals surface area contributed by atoms with Crippen LogP contribution in [0.25, 0.3) is 0 Å². The van der Waals surface area contributed by atoms with Crippen LogP contribution >= 0.6 is 12.4 Å². The number of rotatable bonds is 4. The van der Waals surface area contributed by atoms with E-state index in [1.807, 2.05) is 0 Å². The summed E-state index contributed by atoms with van der Waals surface area (Å²) in [5.74, 6) is 0.492. The third-order valence-corrected chi connectivity index (χ3v) is 2.79. The molecule has 0 aliphatic carbocycles. The molecule has 1 unspecified atom stereocenters. The van der Waals surface area contributed by atoms with Gasteiger partial charge in [0.1, 0.15) is 6.10 Å². The summed E-state index contributed by atoms with van der Waals surface area (Å²) < 4.78 is 46.9. The number of hydrogen-bond acceptors (Lipinski definition) is 3. The van der Waals surface area contributed by atoms with Gasteiger partial charge >= 0.3 is 6.18 Å². The molecule has 1 aliphatic heterocycles. The third kappa shape index (κ3) is 5.46. The Balaban J connectivity index is 0.00000200. The van der Waals surface area contributed by atoms with Gasteiger partial charge in [-0.3, -0.25) is 0 Å². The molecule has 0 aromatic heterocycles. The molecule has 1 aromatic rings. The highest BCUT2D eigenvalue weighted by atomic mass is 35.5. The lowest BCUT2D eigenvalue weighted by Gasteiger charge is -2.25. The molecule has 1 aromatic carbocycles. The molecular weight excluding hydrogens is 295 g/mol. The number of alkyl halides is 3. The van der Waals surface area contributed by atoms with Crippen molar-refractivity contribution in [2.24, 2.45) is 0 Å². The van der Waals surface area contributed by atoms with Crippen molar-refractivity contribution in [3.63, 3.8) is 0 Å². The fraction of sp³-hybridized carbons (Fsp3) is 0.538. The van der Waals surface area contributed by atoms with E-state index < -0.39 is 12.8 Å². The van der Waals surface area contributed by atoms with Gasteiger partial charge in [-0.2, -0.15) is 13.2 Å². The van der Waals surface area contributed by atoms with Crippen LogP contribution in [0.1, 0.15) is 12.8 Å². The molecule has 2 rings (SSSR count). The fourth-order valence-electron chi connectivity index (χ4n) is 1.93. The van der Waals surface area contributed by atoms with E-state index in [2.05, 4.69) is 5.32 Å². The van der Waals surface area contributed by atoms with E-state index in [0.29, 0.717) is 12.3 Å². The molecule has 1 atom stereocenters. The second kappa shape index (κ2) is 7.59. The molecule has 3 nitrogen and oxygen atoms in total. The van der Waals surface area contributed by atoms with Crippen molar-refractivity contribution in [3.05, 3.63) is 24.3 Å². The third-order valence-electron chi connectivity index (χ3n) is 2.79. The van der Waals surface area contributed by atoms with Crippen molar-refractivity contribution in [3.8, 4) is 11.5 Å². The molecule has 1 heterocycles. The molecule has 0 spiro atoms. The Labute approximate surface area is 121 Å². The van der Waals surface area contributed by atoms with Crippen LogP contribution in [0.2, 0.25) is 0 Å². The maximum absolute atomic E-state index is 12.2. The molecule has 0 amide bonds. The minimum Gasteiger partial charge on any atom is -0.485 e. The van der Waals surface area contributed by atoms with Gasteiger partial charge in [-0.05, 0) is 31.5 Å². The normalized spacial score (nSPS) is 19.1. The first-order valence-corrected chi connectivity index (χ1v) is 6.20. The molecule has 0 radical (unpaired) electrons. The lowest BCUT2D eigenvalue weighted by atomic mass is 10.1. The smallest absolute Gasteiger partial charge is 0.422 e. The first-order valence-electron chi connectivity index (χ1n) is 6.20. The molecule has 1 saturated heterocycles. The Morgan fingerprint density at radius 3 is 2.50 bits per heavy atom. The van der Waals surface area contributed by atoms with Crippen molar-refractivity contribution in [2.45, 2.75) is 25.1 Å². The van der Waals surface area contributed by atoms with E-state index >= 15 is 0 Å². The number of hydrogen-bond donors (Lipinski definition) is 1. The molecule has 7 heteroatoms. The SMILES string of the molecule is Cl.FC(F)(F)COc1ccccc1OC1CCCNC1. The second-order valence-electron chi connectivity index (χ2n) is 4.44. The molecule has 1 aliphatic rings. The number of benzene rings is 1. The summed E-state index contributed by atoms with van der Waals surface area (Å²) in [5, 5.41) is 3.18. The zero-order valence-electron chi connectivity index (χ0n) is 10.8. The van der Waals surface area contributed by atoms with Crippen LogP contribution < -0.4 is 14.8 Å². The highest BCUT2D eigenvalue weighted by Crippen LogP contribution is 2.30. The van der Waals surface area contributed by atoms with Crippen molar-refractivity contribution in [1.29, 1.82) is 0 Å². The Morgan fingerprint density at radius 2 is 1.90 bits per heavy atom. The number of nitrogens with one attached hydrogen (secondary N) is 1. The summed E-state index contributed by atoms with van der Waals surface area (Å²) in [6, 6.07) is 6.45. The molecule has 0 bridgehead atoms. The number of ether oxygens (including phenoxy) is 2. The lowest BCUT2D eigenvalue weighted by Crippen LogP contribution is -2.37. The highest BCUT2D eigenvalue weighted by molar-refractivity contribution is 5.85. The minimum atomic E-state index is -4.35. The number of para-hydroxylation sites is 2. The molecular formula is C13H17ClF3NO2. The summed E-state index contributed by atoms with van der Waals surface area (Å²) in [7, 11) is 0. The molecule has 1 fully saturated rings. The quantitative estimate of drug-likeness (QED) is 0.926. The largest absolute Gasteiger partial charge is 0.485 e. The standard InChI is InChI=1S/C13H16F3NO2.ClH/c14-13(15,16)9-18-11-5-1-2-6-12(11)19-10-4-3-7-17-8-10;/h1-2,5-6,10,17H,3-4,7-9H2;1H. The first kappa shape index (κ1) is 16.9. The summed E-state index contributed by atoms with van der Waals surface area (Å²) in [6.07, 6.45) is -2.49. The maximum Gasteiger partial charge on any atom is 0.422 e. The molecule has 114 valence electrons. The van der Waals surface area contributed by atoms with E-state index in [0.717, 1.165) is 19.4 Å². The first-order chi connectivity index (χ1) is 9.04. The van der Waals surface area contributed by atoms with Gasteiger partial charge in [0.2, 0.25) is 0 Å². The van der Waals surface area contributed by atoms with Crippen LogP contribution in [0.15, 0.2) is 24.3 Å². The maximum atomic E-state index is 12.2. The van der Waals surface area contributed by atoms with Gasteiger partial charge in [0, 0.05) is 6.54 Å². The topological polar surface area (TPSA) is 30.5 Å². The van der Waals surface area contributed by atoms with Gasteiger partial charge in [0.05, 0.1) is 0 Å². The van der Waals surface area contributed by atoms with Gasteiger partial charge < -0.3 is 14.8 Å². The van der Waals surface area contributed by atoms with E-state index in [1.165, 1.54) is 6.07 Å². The van der Waals surface area contributed by atoms with Crippen LogP contribution in [0.5, 0.6) is 11.5 Å². The van der Waals surface area contributed by atoms with Crippen molar-refractivity contribution in [2.75, 3.05) is 19.7 Å². The van der Waals surface area contributed by atoms with E-state index in [4.69, 9.17) is 9.47 Å². The average molecular weight is 312 g/mol. The van der Waals surface area contributed by atoms with Crippen LogP contribution in [-0.4, -0.2) is 32.0 Å². The minimum absolute atomic E-state index is 0. The van der Waals surface area contributed by atoms with Crippen LogP contribution in [0.3, 0.4) is 0 Å². The zero-order valence-corrected chi connectivity index (χ0v) is 11.6. The predicted octanol–water partition coefficient (Wildman–Crippen LogP) is 3.18. The van der Waals surface area contributed by atoms with Crippen LogP contribution in [0, 0.1) is 0 Å². The summed E-state index contributed by atoms with van der Waals surface area (Å²) in [5.41, 5.74) is 0. The van der Waals surface area contributed by atoms with E-state index in [9.17, 15) is 13.2 Å². The Morgan fingerprint density at radius 1 is 1.20 bits per heavy atom. The average Bonchev–Trinajstić information content (AvgIpc) is 2.38. The molecule has 20 heavy (non-hydrogen) atoms. The Bertz CT molecular complexity index is 409. The van der Waals surface area contributed by atoms with Gasteiger partial charge in [0.25, 0.3) is 0 Å². The summed E-state index contributed by atoms with van der Waals surface area (Å²) >= 11 is 0. The Hall–Kier alpha value is -1.14. The van der Waals surface area contributed by atoms with E-state index in [-0.39, 0.29) is 24.3 Å². The molecule has 1 N–H and O–H groups in total. The van der Waals surface area contributed by atoms with Crippen molar-refractivity contribution in [1.82, 2.24) is 5.32 Å². The summed E-state index contributed by atoms with van der Waals surface area (Å²) in [4.78, 5) is 0. The van der Waals surface area contributed by atoms with E-state index in [1.54, 1.807) is 18.2 Å². The lowest BCUT2D eigenvalue weighted by molar-refractivity contribution is -0.153.